The molecule has 0 spiro atoms. The summed E-state index contributed by atoms with van der Waals surface area (Å²) in [5.41, 5.74) is 1.31. The zero-order valence-electron chi connectivity index (χ0n) is 19.8. The molecule has 8 nitrogen and oxygen atoms in total. The predicted octanol–water partition coefficient (Wildman–Crippen LogP) is 5.02. The Kier molecular flexibility index (Phi) is 9.96. The van der Waals surface area contributed by atoms with Gasteiger partial charge in [0.15, 0.2) is 0 Å². The molecule has 2 aromatic carbocycles. The third kappa shape index (κ3) is 9.74. The topological polar surface area (TPSA) is 103 Å². The molecule has 0 unspecified atom stereocenters. The Hall–Kier alpha value is -2.56. The Morgan fingerprint density at radius 2 is 1.76 bits per heavy atom. The normalized spacial score (nSPS) is 11.6. The van der Waals surface area contributed by atoms with E-state index in [2.05, 4.69) is 33.1 Å². The van der Waals surface area contributed by atoms with Gasteiger partial charge in [-0.2, -0.15) is 8.42 Å². The minimum absolute atomic E-state index is 0.0165. The monoisotopic (exact) mass is 554 g/mol. The molecule has 0 aromatic heterocycles. The number of halogens is 1. The Morgan fingerprint density at radius 3 is 2.38 bits per heavy atom. The summed E-state index contributed by atoms with van der Waals surface area (Å²) in [6.07, 6.45) is -0.178. The Balaban J connectivity index is 1.74. The lowest BCUT2D eigenvalue weighted by atomic mass is 10.2. The van der Waals surface area contributed by atoms with Crippen LogP contribution in [-0.2, 0) is 25.6 Å². The SMILES string of the molecule is C=C(NCc1ccc(OCCCOS(=O)(=O)c2ccc(C)cc2)c(Br)c1)NC(=O)OC(C)(C)C. The third-order valence-electron chi connectivity index (χ3n) is 4.25. The second kappa shape index (κ2) is 12.2. The van der Waals surface area contributed by atoms with Crippen LogP contribution in [0.4, 0.5) is 4.79 Å². The lowest BCUT2D eigenvalue weighted by Crippen LogP contribution is -2.35. The molecule has 0 heterocycles. The number of ether oxygens (including phenoxy) is 2. The summed E-state index contributed by atoms with van der Waals surface area (Å²) in [5.74, 6) is 0.946. The minimum Gasteiger partial charge on any atom is -0.492 e. The van der Waals surface area contributed by atoms with Crippen molar-refractivity contribution in [2.45, 2.75) is 51.2 Å². The number of hydrogen-bond acceptors (Lipinski definition) is 7. The lowest BCUT2D eigenvalue weighted by Gasteiger charge is -2.20. The lowest BCUT2D eigenvalue weighted by molar-refractivity contribution is 0.0542. The molecule has 186 valence electrons. The standard InChI is InChI=1S/C24H31BrN2O6S/c1-17-7-10-20(11-8-17)34(29,30)32-14-6-13-31-22-12-9-19(15-21(22)25)16-26-18(2)27-23(28)33-24(3,4)5/h7-12,15,26H,2,6,13-14,16H2,1,3-5H3,(H,27,28). The summed E-state index contributed by atoms with van der Waals surface area (Å²) in [7, 11) is -3.78. The van der Waals surface area contributed by atoms with E-state index in [0.29, 0.717) is 24.5 Å². The first kappa shape index (κ1) is 27.7. The van der Waals surface area contributed by atoms with Crippen LogP contribution in [0.5, 0.6) is 5.75 Å². The molecule has 10 heteroatoms. The predicted molar refractivity (Wildman–Crippen MR) is 134 cm³/mol. The van der Waals surface area contributed by atoms with Crippen LogP contribution >= 0.6 is 15.9 Å². The first-order chi connectivity index (χ1) is 15.9. The quantitative estimate of drug-likeness (QED) is 0.297. The molecule has 0 bridgehead atoms. The van der Waals surface area contributed by atoms with Crippen LogP contribution in [0.1, 0.15) is 38.3 Å². The van der Waals surface area contributed by atoms with Crippen LogP contribution in [0.3, 0.4) is 0 Å². The van der Waals surface area contributed by atoms with Crippen molar-refractivity contribution in [2.24, 2.45) is 0 Å². The van der Waals surface area contributed by atoms with Gasteiger partial charge >= 0.3 is 6.09 Å². The fraction of sp³-hybridized carbons (Fsp3) is 0.375. The molecule has 0 fully saturated rings. The fourth-order valence-corrected chi connectivity index (χ4v) is 4.12. The number of nitrogens with one attached hydrogen (secondary N) is 2. The zero-order chi connectivity index (χ0) is 25.4. The molecular weight excluding hydrogens is 524 g/mol. The van der Waals surface area contributed by atoms with E-state index in [1.807, 2.05) is 19.1 Å². The molecule has 0 saturated carbocycles. The molecule has 0 aliphatic rings. The van der Waals surface area contributed by atoms with Crippen LogP contribution in [-0.4, -0.2) is 33.3 Å². The van der Waals surface area contributed by atoms with Gasteiger partial charge in [0.2, 0.25) is 0 Å². The average Bonchev–Trinajstić information content (AvgIpc) is 2.72. The first-order valence-electron chi connectivity index (χ1n) is 10.7. The number of rotatable bonds is 11. The largest absolute Gasteiger partial charge is 0.492 e. The van der Waals surface area contributed by atoms with E-state index in [0.717, 1.165) is 15.6 Å². The van der Waals surface area contributed by atoms with Gasteiger partial charge in [-0.1, -0.05) is 30.3 Å². The number of alkyl carbamates (subject to hydrolysis) is 1. The number of hydrogen-bond donors (Lipinski definition) is 2. The molecular formula is C24H31BrN2O6S. The van der Waals surface area contributed by atoms with Gasteiger partial charge in [0.25, 0.3) is 10.1 Å². The Morgan fingerprint density at radius 1 is 1.09 bits per heavy atom. The summed E-state index contributed by atoms with van der Waals surface area (Å²) in [5, 5.41) is 5.55. The van der Waals surface area contributed by atoms with Crippen LogP contribution in [0.2, 0.25) is 0 Å². The highest BCUT2D eigenvalue weighted by Gasteiger charge is 2.17. The van der Waals surface area contributed by atoms with Crippen molar-refractivity contribution in [1.82, 2.24) is 10.6 Å². The van der Waals surface area contributed by atoms with Gasteiger partial charge in [0.05, 0.1) is 22.6 Å². The van der Waals surface area contributed by atoms with E-state index in [1.54, 1.807) is 39.0 Å². The first-order valence-corrected chi connectivity index (χ1v) is 12.9. The van der Waals surface area contributed by atoms with E-state index in [-0.39, 0.29) is 18.1 Å². The summed E-state index contributed by atoms with van der Waals surface area (Å²) in [6, 6.07) is 12.0. The molecule has 2 aromatic rings. The molecule has 0 radical (unpaired) electrons. The number of benzene rings is 2. The maximum absolute atomic E-state index is 12.2. The highest BCUT2D eigenvalue weighted by molar-refractivity contribution is 9.10. The van der Waals surface area contributed by atoms with Gasteiger partial charge < -0.3 is 14.8 Å². The molecule has 2 N–H and O–H groups in total. The van der Waals surface area contributed by atoms with Crippen molar-refractivity contribution < 1.29 is 26.9 Å². The maximum atomic E-state index is 12.2. The summed E-state index contributed by atoms with van der Waals surface area (Å²) < 4.78 is 41.1. The van der Waals surface area contributed by atoms with Gasteiger partial charge in [-0.15, -0.1) is 0 Å². The summed E-state index contributed by atoms with van der Waals surface area (Å²) in [4.78, 5) is 11.9. The zero-order valence-corrected chi connectivity index (χ0v) is 22.2. The second-order valence-electron chi connectivity index (χ2n) is 8.51. The summed E-state index contributed by atoms with van der Waals surface area (Å²) in [6.45, 7) is 11.7. The second-order valence-corrected chi connectivity index (χ2v) is 11.0. The van der Waals surface area contributed by atoms with Crippen molar-refractivity contribution >= 4 is 32.1 Å². The van der Waals surface area contributed by atoms with Crippen LogP contribution in [0, 0.1) is 6.92 Å². The van der Waals surface area contributed by atoms with Gasteiger partial charge in [-0.05, 0) is 73.5 Å². The fourth-order valence-electron chi connectivity index (χ4n) is 2.63. The van der Waals surface area contributed by atoms with E-state index in [4.69, 9.17) is 13.7 Å². The van der Waals surface area contributed by atoms with Crippen molar-refractivity contribution in [2.75, 3.05) is 13.2 Å². The van der Waals surface area contributed by atoms with Crippen molar-refractivity contribution in [1.29, 1.82) is 0 Å². The Labute approximate surface area is 209 Å². The highest BCUT2D eigenvalue weighted by Crippen LogP contribution is 2.26. The highest BCUT2D eigenvalue weighted by atomic mass is 79.9. The number of carbonyl (C=O) groups excluding carboxylic acids is 1. The van der Waals surface area contributed by atoms with E-state index >= 15 is 0 Å². The van der Waals surface area contributed by atoms with Crippen molar-refractivity contribution in [3.8, 4) is 5.75 Å². The molecule has 34 heavy (non-hydrogen) atoms. The van der Waals surface area contributed by atoms with Gasteiger partial charge in [-0.25, -0.2) is 4.79 Å². The molecule has 0 saturated heterocycles. The smallest absolute Gasteiger partial charge is 0.413 e. The van der Waals surface area contributed by atoms with Gasteiger partial charge in [0, 0.05) is 13.0 Å². The van der Waals surface area contributed by atoms with Crippen molar-refractivity contribution in [3.05, 3.63) is 70.5 Å². The van der Waals surface area contributed by atoms with E-state index in [9.17, 15) is 13.2 Å². The number of carbonyl (C=O) groups is 1. The maximum Gasteiger partial charge on any atom is 0.413 e. The van der Waals surface area contributed by atoms with Gasteiger partial charge in [-0.3, -0.25) is 9.50 Å². The minimum atomic E-state index is -3.78. The molecule has 1 amide bonds. The third-order valence-corrected chi connectivity index (χ3v) is 6.19. The molecule has 2 rings (SSSR count). The van der Waals surface area contributed by atoms with Gasteiger partial charge in [0.1, 0.15) is 17.2 Å². The van der Waals surface area contributed by atoms with Crippen LogP contribution < -0.4 is 15.4 Å². The molecule has 0 aliphatic heterocycles. The molecule has 0 aliphatic carbocycles. The summed E-state index contributed by atoms with van der Waals surface area (Å²) >= 11 is 3.47. The van der Waals surface area contributed by atoms with Crippen molar-refractivity contribution in [3.63, 3.8) is 0 Å². The van der Waals surface area contributed by atoms with E-state index < -0.39 is 21.8 Å². The van der Waals surface area contributed by atoms with E-state index in [1.165, 1.54) is 12.1 Å². The number of amides is 1. The Bertz CT molecular complexity index is 1100. The number of aryl methyl sites for hydroxylation is 1. The average molecular weight is 555 g/mol. The van der Waals surface area contributed by atoms with Crippen LogP contribution in [0.15, 0.2) is 64.2 Å². The van der Waals surface area contributed by atoms with Crippen LogP contribution in [0.25, 0.3) is 0 Å². The molecule has 0 atom stereocenters.